The summed E-state index contributed by atoms with van der Waals surface area (Å²) >= 11 is 0. The maximum atomic E-state index is 10.6. The molecule has 1 aliphatic rings. The minimum Gasteiger partial charge on any atom is -0.423 e. The van der Waals surface area contributed by atoms with Gasteiger partial charge in [-0.3, -0.25) is 4.79 Å². The Morgan fingerprint density at radius 1 is 1.57 bits per heavy atom. The SMILES string of the molecule is CC(=O)NCc1nnc(C2CCC2)o1. The highest BCUT2D eigenvalue weighted by molar-refractivity contribution is 5.72. The second-order valence-corrected chi connectivity index (χ2v) is 3.57. The van der Waals surface area contributed by atoms with Crippen molar-refractivity contribution in [1.29, 1.82) is 0 Å². The van der Waals surface area contributed by atoms with E-state index in [1.807, 2.05) is 0 Å². The summed E-state index contributed by atoms with van der Waals surface area (Å²) in [5, 5.41) is 10.4. The molecule has 0 bridgehead atoms. The van der Waals surface area contributed by atoms with Crippen LogP contribution in [0.15, 0.2) is 4.42 Å². The maximum absolute atomic E-state index is 10.6. The summed E-state index contributed by atoms with van der Waals surface area (Å²) in [7, 11) is 0. The van der Waals surface area contributed by atoms with Crippen LogP contribution in [-0.2, 0) is 11.3 Å². The Morgan fingerprint density at radius 3 is 2.93 bits per heavy atom. The first-order valence-corrected chi connectivity index (χ1v) is 4.82. The molecule has 1 amide bonds. The maximum Gasteiger partial charge on any atom is 0.235 e. The van der Waals surface area contributed by atoms with Crippen molar-refractivity contribution in [1.82, 2.24) is 15.5 Å². The van der Waals surface area contributed by atoms with Crippen LogP contribution in [0, 0.1) is 0 Å². The van der Waals surface area contributed by atoms with E-state index >= 15 is 0 Å². The van der Waals surface area contributed by atoms with E-state index in [0.29, 0.717) is 18.4 Å². The molecule has 1 saturated carbocycles. The van der Waals surface area contributed by atoms with Gasteiger partial charge >= 0.3 is 0 Å². The fraction of sp³-hybridized carbons (Fsp3) is 0.667. The van der Waals surface area contributed by atoms with Gasteiger partial charge in [-0.25, -0.2) is 0 Å². The first-order chi connectivity index (χ1) is 6.75. The van der Waals surface area contributed by atoms with E-state index in [0.717, 1.165) is 18.7 Å². The molecule has 0 aromatic carbocycles. The smallest absolute Gasteiger partial charge is 0.235 e. The normalized spacial score (nSPS) is 16.4. The van der Waals surface area contributed by atoms with E-state index in [2.05, 4.69) is 15.5 Å². The van der Waals surface area contributed by atoms with Crippen LogP contribution in [0.3, 0.4) is 0 Å². The number of aromatic nitrogens is 2. The van der Waals surface area contributed by atoms with Crippen LogP contribution in [-0.4, -0.2) is 16.1 Å². The fourth-order valence-electron chi connectivity index (χ4n) is 1.36. The topological polar surface area (TPSA) is 68.0 Å². The molecule has 1 heterocycles. The number of nitrogens with zero attached hydrogens (tertiary/aromatic N) is 2. The van der Waals surface area contributed by atoms with E-state index in [4.69, 9.17) is 4.42 Å². The van der Waals surface area contributed by atoms with Crippen LogP contribution < -0.4 is 5.32 Å². The second kappa shape index (κ2) is 3.77. The van der Waals surface area contributed by atoms with Gasteiger partial charge in [0.1, 0.15) is 0 Å². The summed E-state index contributed by atoms with van der Waals surface area (Å²) in [4.78, 5) is 10.6. The van der Waals surface area contributed by atoms with Gasteiger partial charge in [0, 0.05) is 12.8 Å². The van der Waals surface area contributed by atoms with Gasteiger partial charge in [0.2, 0.25) is 17.7 Å². The molecule has 0 unspecified atom stereocenters. The van der Waals surface area contributed by atoms with Crippen molar-refractivity contribution in [3.8, 4) is 0 Å². The molecule has 1 fully saturated rings. The number of rotatable bonds is 3. The van der Waals surface area contributed by atoms with Crippen LogP contribution in [0.5, 0.6) is 0 Å². The van der Waals surface area contributed by atoms with Crippen molar-refractivity contribution in [3.63, 3.8) is 0 Å². The third-order valence-electron chi connectivity index (χ3n) is 2.43. The standard InChI is InChI=1S/C9H13N3O2/c1-6(13)10-5-8-11-12-9(14-8)7-3-2-4-7/h7H,2-5H2,1H3,(H,10,13). The lowest BCUT2D eigenvalue weighted by Gasteiger charge is -2.20. The van der Waals surface area contributed by atoms with Crippen molar-refractivity contribution in [3.05, 3.63) is 11.8 Å². The molecule has 14 heavy (non-hydrogen) atoms. The second-order valence-electron chi connectivity index (χ2n) is 3.57. The predicted molar refractivity (Wildman–Crippen MR) is 48.4 cm³/mol. The molecule has 0 saturated heterocycles. The van der Waals surface area contributed by atoms with E-state index in [1.54, 1.807) is 0 Å². The summed E-state index contributed by atoms with van der Waals surface area (Å²) in [6.07, 6.45) is 3.53. The summed E-state index contributed by atoms with van der Waals surface area (Å²) in [5.41, 5.74) is 0. The van der Waals surface area contributed by atoms with Crippen LogP contribution >= 0.6 is 0 Å². The van der Waals surface area contributed by atoms with Crippen molar-refractivity contribution >= 4 is 5.91 Å². The monoisotopic (exact) mass is 195 g/mol. The molecule has 0 radical (unpaired) electrons. The van der Waals surface area contributed by atoms with Gasteiger partial charge in [-0.1, -0.05) is 6.42 Å². The minimum atomic E-state index is -0.0894. The van der Waals surface area contributed by atoms with Crippen molar-refractivity contribution in [2.75, 3.05) is 0 Å². The number of carbonyl (C=O) groups excluding carboxylic acids is 1. The molecule has 1 N–H and O–H groups in total. The quantitative estimate of drug-likeness (QED) is 0.780. The van der Waals surface area contributed by atoms with Gasteiger partial charge in [0.15, 0.2) is 0 Å². The lowest BCUT2D eigenvalue weighted by molar-refractivity contribution is -0.119. The average Bonchev–Trinajstić information content (AvgIpc) is 2.46. The van der Waals surface area contributed by atoms with E-state index in [9.17, 15) is 4.79 Å². The zero-order valence-electron chi connectivity index (χ0n) is 8.12. The van der Waals surface area contributed by atoms with Crippen LogP contribution in [0.1, 0.15) is 43.9 Å². The predicted octanol–water partition coefficient (Wildman–Crippen LogP) is 0.973. The summed E-state index contributed by atoms with van der Waals surface area (Å²) in [6.45, 7) is 1.79. The van der Waals surface area contributed by atoms with Gasteiger partial charge in [-0.05, 0) is 12.8 Å². The molecule has 0 atom stereocenters. The number of hydrogen-bond acceptors (Lipinski definition) is 4. The Bertz CT molecular complexity index is 331. The molecule has 1 aromatic heterocycles. The largest absolute Gasteiger partial charge is 0.423 e. The highest BCUT2D eigenvalue weighted by Gasteiger charge is 2.24. The average molecular weight is 195 g/mol. The van der Waals surface area contributed by atoms with Crippen LogP contribution in [0.2, 0.25) is 0 Å². The van der Waals surface area contributed by atoms with Crippen molar-refractivity contribution in [2.45, 2.75) is 38.6 Å². The number of hydrogen-bond donors (Lipinski definition) is 1. The molecular weight excluding hydrogens is 182 g/mol. The first kappa shape index (κ1) is 9.18. The van der Waals surface area contributed by atoms with Gasteiger partial charge in [-0.15, -0.1) is 10.2 Å². The third kappa shape index (κ3) is 1.92. The molecular formula is C9H13N3O2. The van der Waals surface area contributed by atoms with E-state index in [-0.39, 0.29) is 5.91 Å². The zero-order valence-corrected chi connectivity index (χ0v) is 8.12. The molecule has 76 valence electrons. The Hall–Kier alpha value is -1.39. The molecule has 0 spiro atoms. The first-order valence-electron chi connectivity index (χ1n) is 4.82. The Kier molecular flexibility index (Phi) is 2.47. The fourth-order valence-corrected chi connectivity index (χ4v) is 1.36. The molecule has 5 heteroatoms. The molecule has 5 nitrogen and oxygen atoms in total. The molecule has 2 rings (SSSR count). The molecule has 0 aliphatic heterocycles. The minimum absolute atomic E-state index is 0.0894. The lowest BCUT2D eigenvalue weighted by Crippen LogP contribution is -2.19. The Labute approximate surface area is 81.9 Å². The van der Waals surface area contributed by atoms with Gasteiger partial charge in [0.25, 0.3) is 0 Å². The van der Waals surface area contributed by atoms with Crippen molar-refractivity contribution < 1.29 is 9.21 Å². The van der Waals surface area contributed by atoms with E-state index < -0.39 is 0 Å². The van der Waals surface area contributed by atoms with Gasteiger partial charge in [-0.2, -0.15) is 0 Å². The van der Waals surface area contributed by atoms with Gasteiger partial charge in [0.05, 0.1) is 6.54 Å². The van der Waals surface area contributed by atoms with Crippen LogP contribution in [0.25, 0.3) is 0 Å². The highest BCUT2D eigenvalue weighted by atomic mass is 16.4. The Balaban J connectivity index is 1.92. The van der Waals surface area contributed by atoms with Crippen LogP contribution in [0.4, 0.5) is 0 Å². The van der Waals surface area contributed by atoms with Gasteiger partial charge < -0.3 is 9.73 Å². The van der Waals surface area contributed by atoms with E-state index in [1.165, 1.54) is 13.3 Å². The summed E-state index contributed by atoms with van der Waals surface area (Å²) < 4.78 is 5.40. The third-order valence-corrected chi connectivity index (χ3v) is 2.43. The summed E-state index contributed by atoms with van der Waals surface area (Å²) in [5.74, 6) is 1.57. The number of nitrogens with one attached hydrogen (secondary N) is 1. The number of amides is 1. The molecule has 1 aliphatic carbocycles. The van der Waals surface area contributed by atoms with Crippen molar-refractivity contribution in [2.24, 2.45) is 0 Å². The summed E-state index contributed by atoms with van der Waals surface area (Å²) in [6, 6.07) is 0. The lowest BCUT2D eigenvalue weighted by atomic mass is 9.85. The molecule has 1 aromatic rings. The Morgan fingerprint density at radius 2 is 2.36 bits per heavy atom. The number of carbonyl (C=O) groups is 1. The highest BCUT2D eigenvalue weighted by Crippen LogP contribution is 2.35. The zero-order chi connectivity index (χ0) is 9.97.